The van der Waals surface area contributed by atoms with Gasteiger partial charge in [-0.2, -0.15) is 0 Å². The Balaban J connectivity index is 1.76. The summed E-state index contributed by atoms with van der Waals surface area (Å²) in [5.41, 5.74) is 0.692. The van der Waals surface area contributed by atoms with Crippen molar-refractivity contribution < 1.29 is 18.0 Å². The van der Waals surface area contributed by atoms with Gasteiger partial charge in [-0.25, -0.2) is 12.7 Å². The van der Waals surface area contributed by atoms with Gasteiger partial charge >= 0.3 is 0 Å². The van der Waals surface area contributed by atoms with Gasteiger partial charge in [0.2, 0.25) is 5.91 Å². The van der Waals surface area contributed by atoms with Crippen LogP contribution in [0.4, 0.5) is 0 Å². The number of hydrogen-bond acceptors (Lipinski definition) is 4. The molecule has 0 aromatic heterocycles. The van der Waals surface area contributed by atoms with Gasteiger partial charge < -0.3 is 5.32 Å². The highest BCUT2D eigenvalue weighted by molar-refractivity contribution is 7.90. The van der Waals surface area contributed by atoms with Crippen molar-refractivity contribution in [3.8, 4) is 0 Å². The van der Waals surface area contributed by atoms with Crippen LogP contribution in [0, 0.1) is 0 Å². The zero-order valence-corrected chi connectivity index (χ0v) is 15.9. The summed E-state index contributed by atoms with van der Waals surface area (Å²) in [7, 11) is -4.03. The zero-order chi connectivity index (χ0) is 19.1. The highest BCUT2D eigenvalue weighted by atomic mass is 35.5. The number of sulfonamides is 1. The predicted octanol–water partition coefficient (Wildman–Crippen LogP) is 3.02. The summed E-state index contributed by atoms with van der Waals surface area (Å²) in [6.07, 6.45) is 0. The Morgan fingerprint density at radius 2 is 1.88 bits per heavy atom. The lowest BCUT2D eigenvalue weighted by Gasteiger charge is -2.19. The molecule has 0 bridgehead atoms. The van der Waals surface area contributed by atoms with Crippen LogP contribution in [0.3, 0.4) is 0 Å². The molecule has 0 spiro atoms. The van der Waals surface area contributed by atoms with Crippen LogP contribution in [0.2, 0.25) is 10.0 Å². The van der Waals surface area contributed by atoms with Gasteiger partial charge in [0.1, 0.15) is 11.4 Å². The van der Waals surface area contributed by atoms with Gasteiger partial charge in [-0.1, -0.05) is 41.4 Å². The molecule has 1 aliphatic heterocycles. The fourth-order valence-electron chi connectivity index (χ4n) is 2.74. The molecule has 6 nitrogen and oxygen atoms in total. The minimum absolute atomic E-state index is 0.0640. The van der Waals surface area contributed by atoms with Crippen molar-refractivity contribution in [2.75, 3.05) is 6.54 Å². The van der Waals surface area contributed by atoms with E-state index in [0.717, 1.165) is 0 Å². The normalized spacial score (nSPS) is 16.3. The zero-order valence-electron chi connectivity index (χ0n) is 13.6. The van der Waals surface area contributed by atoms with Crippen LogP contribution in [-0.4, -0.2) is 31.1 Å². The van der Waals surface area contributed by atoms with Crippen LogP contribution in [0.1, 0.15) is 28.9 Å². The summed E-state index contributed by atoms with van der Waals surface area (Å²) in [4.78, 5) is 24.5. The maximum absolute atomic E-state index is 12.5. The highest BCUT2D eigenvalue weighted by Gasteiger charge is 2.41. The molecule has 0 aliphatic carbocycles. The molecule has 0 radical (unpaired) electrons. The first-order valence-electron chi connectivity index (χ1n) is 7.62. The lowest BCUT2D eigenvalue weighted by Crippen LogP contribution is -2.41. The number of amides is 2. The molecular weight excluding hydrogens is 399 g/mol. The molecule has 0 unspecified atom stereocenters. The van der Waals surface area contributed by atoms with E-state index in [0.29, 0.717) is 19.9 Å². The van der Waals surface area contributed by atoms with Crippen molar-refractivity contribution in [3.05, 3.63) is 63.6 Å². The van der Waals surface area contributed by atoms with Gasteiger partial charge in [-0.05, 0) is 36.8 Å². The van der Waals surface area contributed by atoms with E-state index in [1.165, 1.54) is 18.2 Å². The lowest BCUT2D eigenvalue weighted by molar-refractivity contribution is -0.121. The molecule has 2 aromatic carbocycles. The molecule has 2 aromatic rings. The predicted molar refractivity (Wildman–Crippen MR) is 97.7 cm³/mol. The van der Waals surface area contributed by atoms with Crippen molar-refractivity contribution in [1.82, 2.24) is 9.62 Å². The van der Waals surface area contributed by atoms with Crippen LogP contribution in [0.5, 0.6) is 0 Å². The smallest absolute Gasteiger partial charge is 0.269 e. The maximum Gasteiger partial charge on any atom is 0.269 e. The highest BCUT2D eigenvalue weighted by Crippen LogP contribution is 2.30. The molecule has 1 aliphatic rings. The van der Waals surface area contributed by atoms with E-state index in [1.54, 1.807) is 31.2 Å². The number of nitrogens with zero attached hydrogens (tertiary/aromatic N) is 1. The van der Waals surface area contributed by atoms with Gasteiger partial charge in [0, 0.05) is 10.0 Å². The van der Waals surface area contributed by atoms with E-state index in [9.17, 15) is 18.0 Å². The molecule has 2 amide bonds. The molecule has 136 valence electrons. The van der Waals surface area contributed by atoms with E-state index in [4.69, 9.17) is 23.2 Å². The van der Waals surface area contributed by atoms with Crippen molar-refractivity contribution in [2.24, 2.45) is 0 Å². The third-order valence-corrected chi connectivity index (χ3v) is 6.36. The van der Waals surface area contributed by atoms with Crippen LogP contribution in [0.25, 0.3) is 0 Å². The summed E-state index contributed by atoms with van der Waals surface area (Å²) < 4.78 is 25.5. The maximum atomic E-state index is 12.5. The van der Waals surface area contributed by atoms with Crippen molar-refractivity contribution in [1.29, 1.82) is 0 Å². The molecule has 3 rings (SSSR count). The second-order valence-corrected chi connectivity index (χ2v) is 8.44. The first-order valence-corrected chi connectivity index (χ1v) is 9.82. The molecule has 1 atom stereocenters. The molecule has 26 heavy (non-hydrogen) atoms. The van der Waals surface area contributed by atoms with Crippen molar-refractivity contribution in [2.45, 2.75) is 17.9 Å². The van der Waals surface area contributed by atoms with Crippen molar-refractivity contribution in [3.63, 3.8) is 0 Å². The van der Waals surface area contributed by atoms with Gasteiger partial charge in [0.15, 0.2) is 0 Å². The Hall–Kier alpha value is -2.09. The molecule has 9 heteroatoms. The van der Waals surface area contributed by atoms with Crippen molar-refractivity contribution >= 4 is 45.0 Å². The SMILES string of the molecule is C[C@H](NC(=O)CN1C(=O)c2ccccc2S1(=O)=O)c1ccc(Cl)cc1Cl. The van der Waals surface area contributed by atoms with Gasteiger partial charge in [-0.15, -0.1) is 0 Å². The first kappa shape index (κ1) is 18.7. The monoisotopic (exact) mass is 412 g/mol. The number of hydrogen-bond donors (Lipinski definition) is 1. The Labute approximate surface area is 160 Å². The van der Waals surface area contributed by atoms with Crippen LogP contribution in [0.15, 0.2) is 47.4 Å². The summed E-state index contributed by atoms with van der Waals surface area (Å²) >= 11 is 12.0. The summed E-state index contributed by atoms with van der Waals surface area (Å²) in [5, 5.41) is 3.48. The Bertz CT molecular complexity index is 1010. The fraction of sp³-hybridized carbons (Fsp3) is 0.176. The molecule has 0 saturated carbocycles. The summed E-state index contributed by atoms with van der Waals surface area (Å²) in [6, 6.07) is 10.2. The third kappa shape index (κ3) is 3.30. The minimum Gasteiger partial charge on any atom is -0.348 e. The van der Waals surface area contributed by atoms with Gasteiger partial charge in [0.05, 0.1) is 11.6 Å². The number of benzene rings is 2. The molecular formula is C17H14Cl2N2O4S. The number of fused-ring (bicyclic) bond motifs is 1. The summed E-state index contributed by atoms with van der Waals surface area (Å²) in [6.45, 7) is 1.09. The largest absolute Gasteiger partial charge is 0.348 e. The molecule has 0 fully saturated rings. The minimum atomic E-state index is -4.03. The number of halogens is 2. The molecule has 1 N–H and O–H groups in total. The van der Waals surface area contributed by atoms with Gasteiger partial charge in [0.25, 0.3) is 15.9 Å². The van der Waals surface area contributed by atoms with Gasteiger partial charge in [-0.3, -0.25) is 9.59 Å². The average molecular weight is 413 g/mol. The molecule has 1 heterocycles. The van der Waals surface area contributed by atoms with E-state index >= 15 is 0 Å². The van der Waals surface area contributed by atoms with E-state index < -0.39 is 34.4 Å². The number of carbonyl (C=O) groups is 2. The average Bonchev–Trinajstić information content (AvgIpc) is 2.76. The van der Waals surface area contributed by atoms with Crippen LogP contribution < -0.4 is 5.32 Å². The van der Waals surface area contributed by atoms with Crippen LogP contribution >= 0.6 is 23.2 Å². The van der Waals surface area contributed by atoms with E-state index in [1.807, 2.05) is 0 Å². The third-order valence-electron chi connectivity index (χ3n) is 4.01. The standard InChI is InChI=1S/C17H14Cl2N2O4S/c1-10(12-7-6-11(18)8-14(12)19)20-16(22)9-21-17(23)13-4-2-3-5-15(13)26(21,24)25/h2-8,10H,9H2,1H3,(H,20,22)/t10-/m0/s1. The van der Waals surface area contributed by atoms with E-state index in [-0.39, 0.29) is 10.5 Å². The van der Waals surface area contributed by atoms with Crippen LogP contribution in [-0.2, 0) is 14.8 Å². The Kier molecular flexibility index (Phi) is 4.96. The topological polar surface area (TPSA) is 83.6 Å². The Morgan fingerprint density at radius 1 is 1.19 bits per heavy atom. The quantitative estimate of drug-likeness (QED) is 0.836. The lowest BCUT2D eigenvalue weighted by atomic mass is 10.1. The first-order chi connectivity index (χ1) is 12.2. The molecule has 0 saturated heterocycles. The number of nitrogens with one attached hydrogen (secondary N) is 1. The second-order valence-electron chi connectivity index (χ2n) is 5.77. The fourth-order valence-corrected chi connectivity index (χ4v) is 4.83. The number of carbonyl (C=O) groups excluding carboxylic acids is 2. The van der Waals surface area contributed by atoms with E-state index in [2.05, 4.69) is 5.32 Å². The Morgan fingerprint density at radius 3 is 2.54 bits per heavy atom. The summed E-state index contributed by atoms with van der Waals surface area (Å²) in [5.74, 6) is -1.33. The number of rotatable bonds is 4. The second kappa shape index (κ2) is 6.90.